The Bertz CT molecular complexity index is 738. The Morgan fingerprint density at radius 3 is 2.88 bits per heavy atom. The number of carbonyl (C=O) groups excluding carboxylic acids is 1. The molecule has 2 aromatic rings. The number of nitrogens with one attached hydrogen (secondary N) is 4. The molecule has 2 aliphatic rings. The van der Waals surface area contributed by atoms with E-state index in [9.17, 15) is 4.79 Å². The molecule has 2 atom stereocenters. The topological polar surface area (TPSA) is 95.4 Å². The second kappa shape index (κ2) is 6.42. The maximum absolute atomic E-state index is 12.0. The van der Waals surface area contributed by atoms with Gasteiger partial charge in [0.15, 0.2) is 5.96 Å². The van der Waals surface area contributed by atoms with Crippen molar-refractivity contribution in [3.63, 3.8) is 0 Å². The van der Waals surface area contributed by atoms with Crippen LogP contribution in [0, 0.1) is 5.92 Å². The van der Waals surface area contributed by atoms with Crippen molar-refractivity contribution in [2.45, 2.75) is 19.3 Å². The van der Waals surface area contributed by atoms with Crippen LogP contribution in [0.1, 0.15) is 11.1 Å². The number of imidazole rings is 1. The predicted molar refractivity (Wildman–Crippen MR) is 88.6 cm³/mol. The van der Waals surface area contributed by atoms with Crippen LogP contribution >= 0.6 is 0 Å². The molecule has 4 rings (SSSR count). The lowest BCUT2D eigenvalue weighted by Gasteiger charge is -2.27. The maximum atomic E-state index is 12.0. The van der Waals surface area contributed by atoms with Gasteiger partial charge in [-0.15, -0.1) is 0 Å². The lowest BCUT2D eigenvalue weighted by atomic mass is 10.1. The van der Waals surface area contributed by atoms with Crippen LogP contribution in [0.4, 0.5) is 0 Å². The fourth-order valence-electron chi connectivity index (χ4n) is 2.87. The van der Waals surface area contributed by atoms with Crippen LogP contribution in [-0.4, -0.2) is 34.1 Å². The summed E-state index contributed by atoms with van der Waals surface area (Å²) in [5, 5.41) is 6.00. The number of hydrogen-bond acceptors (Lipinski definition) is 5. The molecule has 3 heterocycles. The second-order valence-electron chi connectivity index (χ2n) is 5.96. The zero-order valence-corrected chi connectivity index (χ0v) is 13.1. The fraction of sp³-hybridized carbons (Fsp3) is 0.312. The van der Waals surface area contributed by atoms with Crippen molar-refractivity contribution in [1.29, 1.82) is 0 Å². The van der Waals surface area contributed by atoms with Crippen molar-refractivity contribution >= 4 is 11.9 Å². The van der Waals surface area contributed by atoms with E-state index in [1.54, 1.807) is 12.5 Å². The van der Waals surface area contributed by atoms with Crippen LogP contribution in [0.2, 0.25) is 0 Å². The molecule has 0 radical (unpaired) electrons. The van der Waals surface area contributed by atoms with E-state index < -0.39 is 0 Å². The lowest BCUT2D eigenvalue weighted by Crippen LogP contribution is -2.61. The summed E-state index contributed by atoms with van der Waals surface area (Å²) in [5.74, 6) is 0.400. The number of nitrogens with zero attached hydrogens (tertiary/aromatic N) is 3. The van der Waals surface area contributed by atoms with E-state index in [0.717, 1.165) is 12.1 Å². The van der Waals surface area contributed by atoms with E-state index in [2.05, 4.69) is 55.7 Å². The van der Waals surface area contributed by atoms with E-state index in [1.165, 1.54) is 5.56 Å². The number of rotatable bonds is 4. The van der Waals surface area contributed by atoms with Crippen LogP contribution in [0.25, 0.3) is 0 Å². The Hall–Kier alpha value is -2.71. The monoisotopic (exact) mass is 325 g/mol. The molecular weight excluding hydrogens is 306 g/mol. The van der Waals surface area contributed by atoms with Gasteiger partial charge in [-0.2, -0.15) is 0 Å². The number of benzene rings is 1. The summed E-state index contributed by atoms with van der Waals surface area (Å²) < 4.78 is 2.02. The molecule has 0 saturated carbocycles. The van der Waals surface area contributed by atoms with E-state index in [4.69, 9.17) is 0 Å². The third-order valence-corrected chi connectivity index (χ3v) is 4.22. The number of amides is 1. The molecule has 4 N–H and O–H groups in total. The summed E-state index contributed by atoms with van der Waals surface area (Å²) in [7, 11) is 0. The maximum Gasteiger partial charge on any atom is 0.234 e. The molecule has 1 amide bonds. The summed E-state index contributed by atoms with van der Waals surface area (Å²) in [4.78, 5) is 20.5. The lowest BCUT2D eigenvalue weighted by molar-refractivity contribution is -0.124. The van der Waals surface area contributed by atoms with Crippen molar-refractivity contribution in [1.82, 2.24) is 31.0 Å². The highest BCUT2D eigenvalue weighted by molar-refractivity contribution is 6.01. The van der Waals surface area contributed by atoms with E-state index in [-0.39, 0.29) is 18.0 Å². The number of carbonyl (C=O) groups is 1. The molecule has 1 aromatic heterocycles. The van der Waals surface area contributed by atoms with Gasteiger partial charge < -0.3 is 9.88 Å². The number of hydrogen-bond donors (Lipinski definition) is 4. The van der Waals surface area contributed by atoms with Crippen LogP contribution < -0.4 is 21.5 Å². The molecule has 8 nitrogen and oxygen atoms in total. The quantitative estimate of drug-likeness (QED) is 0.611. The number of aromatic nitrogens is 2. The third kappa shape index (κ3) is 3.15. The minimum atomic E-state index is -0.105. The van der Waals surface area contributed by atoms with Crippen LogP contribution in [0.5, 0.6) is 0 Å². The smallest absolute Gasteiger partial charge is 0.234 e. The first kappa shape index (κ1) is 14.9. The summed E-state index contributed by atoms with van der Waals surface area (Å²) in [6.45, 7) is 1.93. The number of aliphatic imine (C=N–C) groups is 1. The van der Waals surface area contributed by atoms with Gasteiger partial charge in [-0.1, -0.05) is 24.3 Å². The molecule has 2 saturated heterocycles. The number of guanidine groups is 1. The first-order valence-corrected chi connectivity index (χ1v) is 7.92. The summed E-state index contributed by atoms with van der Waals surface area (Å²) in [5.41, 5.74) is 8.31. The van der Waals surface area contributed by atoms with Gasteiger partial charge in [-0.25, -0.2) is 15.4 Å². The molecule has 0 aliphatic carbocycles. The zero-order chi connectivity index (χ0) is 16.4. The van der Waals surface area contributed by atoms with Gasteiger partial charge in [0.1, 0.15) is 6.17 Å². The molecule has 8 heteroatoms. The molecule has 124 valence electrons. The van der Waals surface area contributed by atoms with Gasteiger partial charge in [0.25, 0.3) is 0 Å². The molecule has 2 fully saturated rings. The fourth-order valence-corrected chi connectivity index (χ4v) is 2.87. The largest absolute Gasteiger partial charge is 0.339 e. The standard InChI is InChI=1S/C16H19N7O/c24-15-13-8-19-22-14(13)20-16(21-15)18-7-11-1-3-12(4-2-11)9-23-6-5-17-10-23/h1-6,10,13-14,19,22H,7-9H2,(H2,18,20,21,24). The Balaban J connectivity index is 1.37. The van der Waals surface area contributed by atoms with Gasteiger partial charge >= 0.3 is 0 Å². The van der Waals surface area contributed by atoms with Gasteiger partial charge in [0.2, 0.25) is 5.91 Å². The van der Waals surface area contributed by atoms with Crippen molar-refractivity contribution in [3.8, 4) is 0 Å². The Labute approximate surface area is 139 Å². The molecule has 1 aromatic carbocycles. The highest BCUT2D eigenvalue weighted by Crippen LogP contribution is 2.11. The minimum absolute atomic E-state index is 0.00863. The highest BCUT2D eigenvalue weighted by Gasteiger charge is 2.37. The summed E-state index contributed by atoms with van der Waals surface area (Å²) in [6, 6.07) is 8.28. The molecule has 24 heavy (non-hydrogen) atoms. The number of hydrazine groups is 1. The average molecular weight is 325 g/mol. The molecular formula is C16H19N7O. The number of fused-ring (bicyclic) bond motifs is 1. The van der Waals surface area contributed by atoms with Crippen molar-refractivity contribution < 1.29 is 4.79 Å². The summed E-state index contributed by atoms with van der Waals surface area (Å²) in [6.07, 6.45) is 5.41. The van der Waals surface area contributed by atoms with Crippen LogP contribution in [-0.2, 0) is 17.9 Å². The normalized spacial score (nSPS) is 24.5. The van der Waals surface area contributed by atoms with Gasteiger partial charge in [0, 0.05) is 25.5 Å². The van der Waals surface area contributed by atoms with Crippen molar-refractivity contribution in [2.24, 2.45) is 10.9 Å². The predicted octanol–water partition coefficient (Wildman–Crippen LogP) is -0.443. The van der Waals surface area contributed by atoms with Crippen molar-refractivity contribution in [3.05, 3.63) is 54.1 Å². The first-order valence-electron chi connectivity index (χ1n) is 7.92. The summed E-state index contributed by atoms with van der Waals surface area (Å²) >= 11 is 0. The van der Waals surface area contributed by atoms with E-state index in [0.29, 0.717) is 19.0 Å². The zero-order valence-electron chi connectivity index (χ0n) is 13.1. The van der Waals surface area contributed by atoms with Crippen LogP contribution in [0.3, 0.4) is 0 Å². The minimum Gasteiger partial charge on any atom is -0.339 e. The SMILES string of the molecule is O=C1NC(=NCc2ccc(Cn3ccnc3)cc2)NC2NNCC12. The third-order valence-electron chi connectivity index (χ3n) is 4.22. The molecule has 0 bridgehead atoms. The Morgan fingerprint density at radius 1 is 1.25 bits per heavy atom. The first-order chi connectivity index (χ1) is 11.8. The van der Waals surface area contributed by atoms with Gasteiger partial charge in [-0.05, 0) is 11.1 Å². The Kier molecular flexibility index (Phi) is 3.97. The molecule has 0 spiro atoms. The highest BCUT2D eigenvalue weighted by atomic mass is 16.2. The average Bonchev–Trinajstić information content (AvgIpc) is 3.26. The van der Waals surface area contributed by atoms with Crippen molar-refractivity contribution in [2.75, 3.05) is 6.54 Å². The van der Waals surface area contributed by atoms with Gasteiger partial charge in [0.05, 0.1) is 18.8 Å². The molecule has 2 unspecified atom stereocenters. The second-order valence-corrected chi connectivity index (χ2v) is 5.96. The van der Waals surface area contributed by atoms with Crippen LogP contribution in [0.15, 0.2) is 48.0 Å². The molecule has 2 aliphatic heterocycles. The van der Waals surface area contributed by atoms with E-state index in [1.807, 2.05) is 10.8 Å². The Morgan fingerprint density at radius 2 is 2.08 bits per heavy atom. The van der Waals surface area contributed by atoms with Gasteiger partial charge in [-0.3, -0.25) is 15.5 Å². The van der Waals surface area contributed by atoms with E-state index >= 15 is 0 Å².